The van der Waals surface area contributed by atoms with Crippen LogP contribution in [0.1, 0.15) is 44.2 Å². The quantitative estimate of drug-likeness (QED) is 0.748. The molecule has 1 rings (SSSR count). The molecule has 0 heterocycles. The van der Waals surface area contributed by atoms with Crippen LogP contribution in [0.5, 0.6) is 0 Å². The van der Waals surface area contributed by atoms with E-state index in [1.54, 1.807) is 0 Å². The number of unbranched alkanes of at least 4 members (excludes halogenated alkanes) is 2. The normalized spacial score (nSPS) is 12.0. The third-order valence-corrected chi connectivity index (χ3v) is 3.40. The summed E-state index contributed by atoms with van der Waals surface area (Å²) in [6.07, 6.45) is 4.70. The van der Waals surface area contributed by atoms with Crippen LogP contribution in [0.4, 0.5) is 0 Å². The minimum Gasteiger partial charge on any atom is -0.324 e. The van der Waals surface area contributed by atoms with Crippen LogP contribution in [0, 0.1) is 0 Å². The predicted octanol–water partition coefficient (Wildman–Crippen LogP) is 5.10. The Morgan fingerprint density at radius 3 is 2.62 bits per heavy atom. The second kappa shape index (κ2) is 8.35. The van der Waals surface area contributed by atoms with Gasteiger partial charge >= 0.3 is 0 Å². The smallest absolute Gasteiger partial charge is 0.0417 e. The Kier molecular flexibility index (Phi) is 8.47. The maximum Gasteiger partial charge on any atom is 0.0417 e. The van der Waals surface area contributed by atoms with Gasteiger partial charge in [0, 0.05) is 15.5 Å². The lowest BCUT2D eigenvalue weighted by Crippen LogP contribution is -2.10. The third kappa shape index (κ3) is 5.05. The zero-order valence-corrected chi connectivity index (χ0v) is 12.5. The average molecular weight is 327 g/mol. The van der Waals surface area contributed by atoms with Gasteiger partial charge in [0.2, 0.25) is 0 Å². The van der Waals surface area contributed by atoms with Crippen LogP contribution in [-0.2, 0) is 0 Å². The maximum atomic E-state index is 6.11. The second-order valence-electron chi connectivity index (χ2n) is 3.77. The van der Waals surface area contributed by atoms with E-state index in [4.69, 9.17) is 17.3 Å². The van der Waals surface area contributed by atoms with E-state index >= 15 is 0 Å². The van der Waals surface area contributed by atoms with Crippen LogP contribution < -0.4 is 5.73 Å². The van der Waals surface area contributed by atoms with E-state index in [0.29, 0.717) is 0 Å². The summed E-state index contributed by atoms with van der Waals surface area (Å²) in [5.74, 6) is 0. The van der Waals surface area contributed by atoms with Crippen molar-refractivity contribution < 1.29 is 0 Å². The summed E-state index contributed by atoms with van der Waals surface area (Å²) in [4.78, 5) is 0. The molecule has 0 radical (unpaired) electrons. The highest BCUT2D eigenvalue weighted by atomic mass is 79.9. The zero-order chi connectivity index (χ0) is 11.3. The first kappa shape index (κ1) is 16.2. The van der Waals surface area contributed by atoms with E-state index in [1.165, 1.54) is 19.3 Å². The van der Waals surface area contributed by atoms with Gasteiger partial charge in [0.25, 0.3) is 0 Å². The zero-order valence-electron chi connectivity index (χ0n) is 9.38. The van der Waals surface area contributed by atoms with Crippen molar-refractivity contribution in [3.05, 3.63) is 33.3 Å². The van der Waals surface area contributed by atoms with Crippen molar-refractivity contribution in [3.8, 4) is 0 Å². The highest BCUT2D eigenvalue weighted by molar-refractivity contribution is 9.10. The van der Waals surface area contributed by atoms with Gasteiger partial charge in [-0.2, -0.15) is 0 Å². The van der Waals surface area contributed by atoms with E-state index < -0.39 is 0 Å². The number of nitrogens with two attached hydrogens (primary N) is 1. The van der Waals surface area contributed by atoms with Crippen LogP contribution in [0.25, 0.3) is 0 Å². The van der Waals surface area contributed by atoms with Gasteiger partial charge in [0.1, 0.15) is 0 Å². The Bertz CT molecular complexity index is 318. The molecule has 16 heavy (non-hydrogen) atoms. The van der Waals surface area contributed by atoms with Crippen LogP contribution in [-0.4, -0.2) is 0 Å². The number of hydrogen-bond acceptors (Lipinski definition) is 1. The molecule has 1 atom stereocenters. The Morgan fingerprint density at radius 2 is 2.06 bits per heavy atom. The summed E-state index contributed by atoms with van der Waals surface area (Å²) >= 11 is 9.37. The van der Waals surface area contributed by atoms with Gasteiger partial charge in [-0.25, -0.2) is 0 Å². The van der Waals surface area contributed by atoms with Crippen molar-refractivity contribution in [3.63, 3.8) is 0 Å². The molecule has 0 aliphatic carbocycles. The first-order chi connectivity index (χ1) is 7.15. The lowest BCUT2D eigenvalue weighted by atomic mass is 10.0. The van der Waals surface area contributed by atoms with Crippen molar-refractivity contribution in [2.45, 2.75) is 38.6 Å². The van der Waals surface area contributed by atoms with Crippen LogP contribution in [0.2, 0.25) is 5.02 Å². The minimum absolute atomic E-state index is 0. The molecule has 0 unspecified atom stereocenters. The Morgan fingerprint density at radius 1 is 1.38 bits per heavy atom. The van der Waals surface area contributed by atoms with Gasteiger partial charge < -0.3 is 5.73 Å². The van der Waals surface area contributed by atoms with Gasteiger partial charge in [0.05, 0.1) is 0 Å². The van der Waals surface area contributed by atoms with Crippen molar-refractivity contribution in [1.29, 1.82) is 0 Å². The average Bonchev–Trinajstić information content (AvgIpc) is 2.17. The summed E-state index contributed by atoms with van der Waals surface area (Å²) in [6.45, 7) is 2.20. The topological polar surface area (TPSA) is 26.0 Å². The summed E-state index contributed by atoms with van der Waals surface area (Å²) < 4.78 is 1.01. The molecular formula is C12H18BrCl2N. The number of hydrogen-bond donors (Lipinski definition) is 1. The third-order valence-electron chi connectivity index (χ3n) is 2.48. The minimum atomic E-state index is 0. The summed E-state index contributed by atoms with van der Waals surface area (Å²) in [5, 5.41) is 0.742. The highest BCUT2D eigenvalue weighted by Gasteiger charge is 2.09. The fraction of sp³-hybridized carbons (Fsp3) is 0.500. The number of halogens is 3. The summed E-state index contributed by atoms with van der Waals surface area (Å²) in [5.41, 5.74) is 7.26. The first-order valence-corrected chi connectivity index (χ1v) is 6.52. The number of benzene rings is 1. The molecule has 0 aromatic heterocycles. The van der Waals surface area contributed by atoms with Gasteiger partial charge in [-0.3, -0.25) is 0 Å². The van der Waals surface area contributed by atoms with E-state index in [0.717, 1.165) is 21.5 Å². The van der Waals surface area contributed by atoms with Gasteiger partial charge in [0.15, 0.2) is 0 Å². The van der Waals surface area contributed by atoms with Gasteiger partial charge in [-0.05, 0) is 24.1 Å². The molecule has 4 heteroatoms. The molecule has 92 valence electrons. The molecule has 0 aliphatic heterocycles. The molecule has 0 aliphatic rings. The Hall–Kier alpha value is 0.240. The van der Waals surface area contributed by atoms with Gasteiger partial charge in [-0.15, -0.1) is 12.4 Å². The Labute approximate surface area is 117 Å². The molecule has 1 aromatic rings. The fourth-order valence-corrected chi connectivity index (χ4v) is 2.55. The van der Waals surface area contributed by atoms with E-state index in [-0.39, 0.29) is 18.4 Å². The standard InChI is InChI=1S/C12H17BrClN.ClH/c1-2-3-4-5-12(15)10-7-6-9(14)8-11(10)13;/h6-8,12H,2-5,15H2,1H3;1H/t12-;/m1./s1. The molecule has 0 fully saturated rings. The van der Waals surface area contributed by atoms with Crippen LogP contribution in [0.15, 0.2) is 22.7 Å². The van der Waals surface area contributed by atoms with E-state index in [9.17, 15) is 0 Å². The molecule has 0 amide bonds. The SMILES string of the molecule is CCCCC[C@@H](N)c1ccc(Cl)cc1Br.Cl. The predicted molar refractivity (Wildman–Crippen MR) is 77.5 cm³/mol. The fourth-order valence-electron chi connectivity index (χ4n) is 1.57. The van der Waals surface area contributed by atoms with Crippen molar-refractivity contribution in [2.24, 2.45) is 5.73 Å². The van der Waals surface area contributed by atoms with E-state index in [2.05, 4.69) is 22.9 Å². The molecule has 1 nitrogen and oxygen atoms in total. The summed E-state index contributed by atoms with van der Waals surface area (Å²) in [7, 11) is 0. The molecular weight excluding hydrogens is 309 g/mol. The first-order valence-electron chi connectivity index (χ1n) is 5.35. The molecule has 0 saturated heterocycles. The number of rotatable bonds is 5. The molecule has 2 N–H and O–H groups in total. The summed E-state index contributed by atoms with van der Waals surface area (Å²) in [6, 6.07) is 5.91. The van der Waals surface area contributed by atoms with Crippen LogP contribution in [0.3, 0.4) is 0 Å². The lowest BCUT2D eigenvalue weighted by molar-refractivity contribution is 0.580. The molecule has 0 saturated carbocycles. The molecule has 0 spiro atoms. The van der Waals surface area contributed by atoms with Crippen molar-refractivity contribution in [1.82, 2.24) is 0 Å². The Balaban J connectivity index is 0.00000225. The largest absolute Gasteiger partial charge is 0.324 e. The maximum absolute atomic E-state index is 6.11. The van der Waals surface area contributed by atoms with Gasteiger partial charge in [-0.1, -0.05) is 59.8 Å². The molecule has 0 bridgehead atoms. The molecule has 1 aromatic carbocycles. The lowest BCUT2D eigenvalue weighted by Gasteiger charge is -2.13. The van der Waals surface area contributed by atoms with Crippen molar-refractivity contribution in [2.75, 3.05) is 0 Å². The van der Waals surface area contributed by atoms with Crippen LogP contribution >= 0.6 is 39.9 Å². The second-order valence-corrected chi connectivity index (χ2v) is 5.06. The highest BCUT2D eigenvalue weighted by Crippen LogP contribution is 2.28. The monoisotopic (exact) mass is 325 g/mol. The van der Waals surface area contributed by atoms with E-state index in [1.807, 2.05) is 18.2 Å². The van der Waals surface area contributed by atoms with Crippen molar-refractivity contribution >= 4 is 39.9 Å².